The molecule has 0 saturated carbocycles. The van der Waals surface area contributed by atoms with Crippen LogP contribution in [0, 0.1) is 6.92 Å². The highest BCUT2D eigenvalue weighted by atomic mass is 16.5. The molecule has 0 spiro atoms. The normalized spacial score (nSPS) is 10.3. The lowest BCUT2D eigenvalue weighted by Crippen LogP contribution is -2.23. The zero-order chi connectivity index (χ0) is 22.2. The number of benzene rings is 2. The minimum atomic E-state index is -0.329. The Hall–Kier alpha value is -3.81. The molecule has 2 amide bonds. The van der Waals surface area contributed by atoms with Crippen molar-refractivity contribution in [2.75, 3.05) is 41.0 Å². The summed E-state index contributed by atoms with van der Waals surface area (Å²) in [5.41, 5.74) is 2.19. The fourth-order valence-electron chi connectivity index (χ4n) is 3.10. The van der Waals surface area contributed by atoms with Gasteiger partial charge in [-0.25, -0.2) is 14.8 Å². The number of methoxy groups -OCH3 is 1. The van der Waals surface area contributed by atoms with Crippen molar-refractivity contribution in [3.05, 3.63) is 60.4 Å². The zero-order valence-corrected chi connectivity index (χ0v) is 18.3. The second kappa shape index (κ2) is 10.3. The summed E-state index contributed by atoms with van der Waals surface area (Å²) in [6.45, 7) is 7.84. The quantitative estimate of drug-likeness (QED) is 0.474. The first kappa shape index (κ1) is 21.9. The van der Waals surface area contributed by atoms with E-state index in [4.69, 9.17) is 4.74 Å². The number of nitrogens with one attached hydrogen (secondary N) is 3. The number of aromatic nitrogens is 2. The van der Waals surface area contributed by atoms with Gasteiger partial charge in [0.05, 0.1) is 7.11 Å². The lowest BCUT2D eigenvalue weighted by molar-refractivity contribution is 0.262. The molecule has 0 saturated heterocycles. The maximum absolute atomic E-state index is 12.3. The van der Waals surface area contributed by atoms with Gasteiger partial charge in [-0.15, -0.1) is 0 Å². The van der Waals surface area contributed by atoms with Crippen LogP contribution in [0.25, 0.3) is 0 Å². The third-order valence-corrected chi connectivity index (χ3v) is 4.65. The van der Waals surface area contributed by atoms with Crippen molar-refractivity contribution in [3.63, 3.8) is 0 Å². The van der Waals surface area contributed by atoms with Crippen LogP contribution in [0.1, 0.15) is 19.7 Å². The first-order chi connectivity index (χ1) is 15.0. The molecule has 0 unspecified atom stereocenters. The summed E-state index contributed by atoms with van der Waals surface area (Å²) in [4.78, 5) is 23.4. The van der Waals surface area contributed by atoms with E-state index in [0.717, 1.165) is 30.4 Å². The Morgan fingerprint density at radius 3 is 2.29 bits per heavy atom. The van der Waals surface area contributed by atoms with Crippen LogP contribution in [0.4, 0.5) is 33.5 Å². The Morgan fingerprint density at radius 1 is 0.935 bits per heavy atom. The van der Waals surface area contributed by atoms with Crippen LogP contribution >= 0.6 is 0 Å². The van der Waals surface area contributed by atoms with Crippen LogP contribution in [0.15, 0.2) is 54.6 Å². The van der Waals surface area contributed by atoms with Crippen molar-refractivity contribution >= 4 is 34.7 Å². The molecule has 162 valence electrons. The number of aryl methyl sites for hydroxylation is 1. The van der Waals surface area contributed by atoms with Gasteiger partial charge in [-0.2, -0.15) is 0 Å². The second-order valence-corrected chi connectivity index (χ2v) is 6.84. The number of hydrogen-bond donors (Lipinski definition) is 3. The molecule has 1 heterocycles. The topological polar surface area (TPSA) is 91.4 Å². The second-order valence-electron chi connectivity index (χ2n) is 6.84. The molecule has 0 radical (unpaired) electrons. The summed E-state index contributed by atoms with van der Waals surface area (Å²) in [6.07, 6.45) is 0. The Labute approximate surface area is 182 Å². The molecule has 0 fully saturated rings. The molecule has 8 nitrogen and oxygen atoms in total. The average molecular weight is 421 g/mol. The minimum absolute atomic E-state index is 0.329. The fourth-order valence-corrected chi connectivity index (χ4v) is 3.10. The molecule has 0 bridgehead atoms. The molecule has 31 heavy (non-hydrogen) atoms. The van der Waals surface area contributed by atoms with Gasteiger partial charge in [0.15, 0.2) is 0 Å². The number of carbonyl (C=O) groups excluding carboxylic acids is 1. The lowest BCUT2D eigenvalue weighted by atomic mass is 10.2. The van der Waals surface area contributed by atoms with E-state index in [2.05, 4.69) is 44.7 Å². The molecule has 3 rings (SSSR count). The van der Waals surface area contributed by atoms with Gasteiger partial charge in [-0.3, -0.25) is 0 Å². The smallest absolute Gasteiger partial charge is 0.323 e. The number of amides is 2. The molecule has 3 N–H and O–H groups in total. The first-order valence-electron chi connectivity index (χ1n) is 10.2. The summed E-state index contributed by atoms with van der Waals surface area (Å²) in [7, 11) is 1.59. The van der Waals surface area contributed by atoms with Gasteiger partial charge in [0, 0.05) is 42.3 Å². The monoisotopic (exact) mass is 420 g/mol. The molecule has 3 aromatic rings. The Bertz CT molecular complexity index is 1020. The number of urea groups is 1. The number of nitrogens with zero attached hydrogens (tertiary/aromatic N) is 3. The van der Waals surface area contributed by atoms with E-state index in [1.807, 2.05) is 49.4 Å². The molecular weight excluding hydrogens is 392 g/mol. The number of anilines is 5. The van der Waals surface area contributed by atoms with E-state index in [1.54, 1.807) is 19.2 Å². The van der Waals surface area contributed by atoms with E-state index < -0.39 is 0 Å². The maximum Gasteiger partial charge on any atom is 0.323 e. The molecule has 0 aliphatic carbocycles. The average Bonchev–Trinajstić information content (AvgIpc) is 2.76. The Kier molecular flexibility index (Phi) is 7.26. The van der Waals surface area contributed by atoms with Gasteiger partial charge >= 0.3 is 6.03 Å². The van der Waals surface area contributed by atoms with Crippen molar-refractivity contribution in [1.82, 2.24) is 9.97 Å². The van der Waals surface area contributed by atoms with E-state index in [9.17, 15) is 4.79 Å². The molecule has 0 atom stereocenters. The van der Waals surface area contributed by atoms with Gasteiger partial charge in [0.1, 0.15) is 23.2 Å². The minimum Gasteiger partial charge on any atom is -0.497 e. The molecule has 0 aliphatic rings. The predicted molar refractivity (Wildman–Crippen MR) is 126 cm³/mol. The highest BCUT2D eigenvalue weighted by Gasteiger charge is 2.08. The van der Waals surface area contributed by atoms with Gasteiger partial charge < -0.3 is 25.6 Å². The Balaban J connectivity index is 1.63. The molecule has 1 aromatic heterocycles. The number of hydrogen-bond acceptors (Lipinski definition) is 6. The Morgan fingerprint density at radius 2 is 1.61 bits per heavy atom. The van der Waals surface area contributed by atoms with Crippen LogP contribution in [-0.4, -0.2) is 36.2 Å². The third kappa shape index (κ3) is 6.08. The maximum atomic E-state index is 12.3. The summed E-state index contributed by atoms with van der Waals surface area (Å²) >= 11 is 0. The van der Waals surface area contributed by atoms with Crippen LogP contribution in [0.2, 0.25) is 0 Å². The summed E-state index contributed by atoms with van der Waals surface area (Å²) in [5, 5.41) is 8.90. The molecule has 0 aliphatic heterocycles. The predicted octanol–water partition coefficient (Wildman–Crippen LogP) is 5.03. The van der Waals surface area contributed by atoms with Crippen LogP contribution in [0.3, 0.4) is 0 Å². The highest BCUT2D eigenvalue weighted by molar-refractivity contribution is 5.99. The highest BCUT2D eigenvalue weighted by Crippen LogP contribution is 2.22. The van der Waals surface area contributed by atoms with E-state index in [1.165, 1.54) is 0 Å². The molecule has 8 heteroatoms. The van der Waals surface area contributed by atoms with Crippen molar-refractivity contribution < 1.29 is 9.53 Å². The molecule has 2 aromatic carbocycles. The van der Waals surface area contributed by atoms with Gasteiger partial charge in [0.25, 0.3) is 0 Å². The van der Waals surface area contributed by atoms with Gasteiger partial charge in [0.2, 0.25) is 0 Å². The SMILES string of the molecule is CCN(CC)c1cc(Nc2ccc(NC(=O)Nc3cccc(OC)c3)cc2)nc(C)n1. The summed E-state index contributed by atoms with van der Waals surface area (Å²) < 4.78 is 5.17. The largest absolute Gasteiger partial charge is 0.497 e. The van der Waals surface area contributed by atoms with Crippen LogP contribution < -0.4 is 25.6 Å². The van der Waals surface area contributed by atoms with Crippen molar-refractivity contribution in [2.24, 2.45) is 0 Å². The van der Waals surface area contributed by atoms with Gasteiger partial charge in [-0.1, -0.05) is 6.07 Å². The number of carbonyl (C=O) groups is 1. The van der Waals surface area contributed by atoms with Gasteiger partial charge in [-0.05, 0) is 57.2 Å². The first-order valence-corrected chi connectivity index (χ1v) is 10.2. The lowest BCUT2D eigenvalue weighted by Gasteiger charge is -2.20. The third-order valence-electron chi connectivity index (χ3n) is 4.65. The van der Waals surface area contributed by atoms with Crippen molar-refractivity contribution in [1.29, 1.82) is 0 Å². The van der Waals surface area contributed by atoms with Crippen molar-refractivity contribution in [3.8, 4) is 5.75 Å². The standard InChI is InChI=1S/C23H28N6O2/c1-5-29(6-2)22-15-21(24-16(3)25-22)26-17-10-12-18(13-11-17)27-23(30)28-19-8-7-9-20(14-19)31-4/h7-15H,5-6H2,1-4H3,(H,24,25,26)(H2,27,28,30). The number of ether oxygens (including phenoxy) is 1. The molecular formula is C23H28N6O2. The fraction of sp³-hybridized carbons (Fsp3) is 0.261. The van der Waals surface area contributed by atoms with E-state index in [0.29, 0.717) is 22.9 Å². The van der Waals surface area contributed by atoms with Crippen LogP contribution in [-0.2, 0) is 0 Å². The summed E-state index contributed by atoms with van der Waals surface area (Å²) in [5.74, 6) is 3.01. The zero-order valence-electron chi connectivity index (χ0n) is 18.3. The van der Waals surface area contributed by atoms with Crippen LogP contribution in [0.5, 0.6) is 5.75 Å². The van der Waals surface area contributed by atoms with E-state index >= 15 is 0 Å². The van der Waals surface area contributed by atoms with Crippen molar-refractivity contribution in [2.45, 2.75) is 20.8 Å². The summed E-state index contributed by atoms with van der Waals surface area (Å²) in [6, 6.07) is 16.2. The number of rotatable bonds is 8. The van der Waals surface area contributed by atoms with E-state index in [-0.39, 0.29) is 6.03 Å².